The molecule has 1 aromatic carbocycles. The van der Waals surface area contributed by atoms with E-state index >= 15 is 0 Å². The first-order chi connectivity index (χ1) is 9.83. The number of hydrogen-bond acceptors (Lipinski definition) is 5. The van der Waals surface area contributed by atoms with E-state index in [1.807, 2.05) is 0 Å². The molecule has 2 aromatic rings. The summed E-state index contributed by atoms with van der Waals surface area (Å²) in [6, 6.07) is 8.39. The summed E-state index contributed by atoms with van der Waals surface area (Å²) in [4.78, 5) is 22.7. The van der Waals surface area contributed by atoms with Gasteiger partial charge in [0.05, 0.1) is 11.3 Å². The maximum Gasteiger partial charge on any atom is 0.335 e. The average Bonchev–Trinajstić information content (AvgIpc) is 2.37. The Morgan fingerprint density at radius 2 is 1.86 bits per heavy atom. The van der Waals surface area contributed by atoms with Crippen molar-refractivity contribution in [3.8, 4) is 0 Å². The molecule has 0 aliphatic carbocycles. The molecule has 0 unspecified atom stereocenters. The Balaban J connectivity index is 2.16. The van der Waals surface area contributed by atoms with Gasteiger partial charge in [0.15, 0.2) is 0 Å². The molecule has 0 saturated heterocycles. The van der Waals surface area contributed by atoms with E-state index in [0.717, 1.165) is 12.3 Å². The van der Waals surface area contributed by atoms with Gasteiger partial charge >= 0.3 is 5.63 Å². The van der Waals surface area contributed by atoms with Gasteiger partial charge in [0.2, 0.25) is 0 Å². The summed E-state index contributed by atoms with van der Waals surface area (Å²) in [5.74, 6) is -0.508. The normalized spacial score (nSPS) is 10.9. The van der Waals surface area contributed by atoms with Crippen LogP contribution in [0, 0.1) is 0 Å². The highest BCUT2D eigenvalue weighted by atomic mass is 32.2. The van der Waals surface area contributed by atoms with Gasteiger partial charge in [-0.15, -0.1) is 0 Å². The Kier molecular flexibility index (Phi) is 4.05. The first kappa shape index (κ1) is 14.8. The number of nitrogens with one attached hydrogen (secondary N) is 2. The Morgan fingerprint density at radius 3 is 2.48 bits per heavy atom. The van der Waals surface area contributed by atoms with Crippen molar-refractivity contribution in [1.29, 1.82) is 0 Å². The lowest BCUT2D eigenvalue weighted by Crippen LogP contribution is -2.21. The minimum Gasteiger partial charge on any atom is -0.430 e. The number of hydrogen-bond donors (Lipinski definition) is 3. The Labute approximate surface area is 119 Å². The monoisotopic (exact) mass is 309 g/mol. The fourth-order valence-electron chi connectivity index (χ4n) is 1.52. The Morgan fingerprint density at radius 1 is 1.14 bits per heavy atom. The highest BCUT2D eigenvalue weighted by Gasteiger charge is 2.08. The van der Waals surface area contributed by atoms with E-state index in [2.05, 4.69) is 14.5 Å². The third kappa shape index (κ3) is 4.44. The van der Waals surface area contributed by atoms with Gasteiger partial charge < -0.3 is 9.73 Å². The van der Waals surface area contributed by atoms with Gasteiger partial charge in [0.1, 0.15) is 6.26 Å². The van der Waals surface area contributed by atoms with Gasteiger partial charge in [-0.2, -0.15) is 8.42 Å². The van der Waals surface area contributed by atoms with E-state index in [1.165, 1.54) is 24.3 Å². The van der Waals surface area contributed by atoms with E-state index in [1.54, 1.807) is 6.07 Å². The summed E-state index contributed by atoms with van der Waals surface area (Å²) in [7, 11) is -3.89. The average molecular weight is 309 g/mol. The van der Waals surface area contributed by atoms with Crippen LogP contribution in [0.25, 0.3) is 0 Å². The minimum atomic E-state index is -3.89. The second-order valence-corrected chi connectivity index (χ2v) is 5.32. The SMILES string of the molecule is NS(=O)(=O)Nc1cccc(NC(=O)c2ccc(=O)oc2)c1. The molecule has 0 aliphatic heterocycles. The van der Waals surface area contributed by atoms with Crippen molar-refractivity contribution in [2.24, 2.45) is 5.14 Å². The highest BCUT2D eigenvalue weighted by molar-refractivity contribution is 7.90. The van der Waals surface area contributed by atoms with Crippen LogP contribution in [-0.2, 0) is 10.2 Å². The Bertz CT molecular complexity index is 808. The molecule has 1 amide bonds. The van der Waals surface area contributed by atoms with Crippen molar-refractivity contribution in [2.45, 2.75) is 0 Å². The molecule has 21 heavy (non-hydrogen) atoms. The number of carbonyl (C=O) groups excluding carboxylic acids is 1. The van der Waals surface area contributed by atoms with Crippen LogP contribution in [0.4, 0.5) is 11.4 Å². The van der Waals surface area contributed by atoms with Gasteiger partial charge in [0.25, 0.3) is 16.1 Å². The zero-order chi connectivity index (χ0) is 15.5. The quantitative estimate of drug-likeness (QED) is 0.757. The lowest BCUT2D eigenvalue weighted by Gasteiger charge is -2.07. The second-order valence-electron chi connectivity index (χ2n) is 4.03. The minimum absolute atomic E-state index is 0.152. The molecule has 0 bridgehead atoms. The number of anilines is 2. The molecule has 0 aliphatic rings. The van der Waals surface area contributed by atoms with E-state index in [0.29, 0.717) is 5.69 Å². The molecule has 0 radical (unpaired) electrons. The molecule has 0 atom stereocenters. The van der Waals surface area contributed by atoms with Crippen LogP contribution in [0.15, 0.2) is 51.9 Å². The summed E-state index contributed by atoms with van der Waals surface area (Å²) in [5.41, 5.74) is 0.139. The summed E-state index contributed by atoms with van der Waals surface area (Å²) >= 11 is 0. The number of amides is 1. The largest absolute Gasteiger partial charge is 0.430 e. The van der Waals surface area contributed by atoms with E-state index in [-0.39, 0.29) is 11.3 Å². The molecule has 4 N–H and O–H groups in total. The fraction of sp³-hybridized carbons (Fsp3) is 0. The van der Waals surface area contributed by atoms with Crippen LogP contribution in [0.1, 0.15) is 10.4 Å². The molecule has 0 saturated carbocycles. The topological polar surface area (TPSA) is 132 Å². The van der Waals surface area contributed by atoms with Gasteiger partial charge in [-0.05, 0) is 24.3 Å². The van der Waals surface area contributed by atoms with Crippen molar-refractivity contribution in [1.82, 2.24) is 0 Å². The van der Waals surface area contributed by atoms with Gasteiger partial charge in [0, 0.05) is 11.8 Å². The summed E-state index contributed by atoms with van der Waals surface area (Å²) in [6.45, 7) is 0. The van der Waals surface area contributed by atoms with Crippen LogP contribution in [0.2, 0.25) is 0 Å². The zero-order valence-electron chi connectivity index (χ0n) is 10.6. The van der Waals surface area contributed by atoms with Gasteiger partial charge in [-0.3, -0.25) is 9.52 Å². The molecule has 9 heteroatoms. The van der Waals surface area contributed by atoms with E-state index in [9.17, 15) is 18.0 Å². The van der Waals surface area contributed by atoms with E-state index < -0.39 is 21.7 Å². The maximum atomic E-state index is 11.9. The molecule has 2 rings (SSSR count). The van der Waals surface area contributed by atoms with Gasteiger partial charge in [-0.1, -0.05) is 6.07 Å². The lowest BCUT2D eigenvalue weighted by atomic mass is 10.2. The van der Waals surface area contributed by atoms with Crippen molar-refractivity contribution < 1.29 is 17.6 Å². The fourth-order valence-corrected chi connectivity index (χ4v) is 1.97. The third-order valence-corrected chi connectivity index (χ3v) is 2.86. The summed E-state index contributed by atoms with van der Waals surface area (Å²) in [6.07, 6.45) is 1.03. The number of carbonyl (C=O) groups is 1. The molecule has 110 valence electrons. The first-order valence-electron chi connectivity index (χ1n) is 5.64. The standard InChI is InChI=1S/C12H11N3O5S/c13-21(18,19)15-10-3-1-2-9(6-10)14-12(17)8-4-5-11(16)20-7-8/h1-7,15H,(H,14,17)(H2,13,18,19). The van der Waals surface area contributed by atoms with Crippen molar-refractivity contribution in [3.63, 3.8) is 0 Å². The van der Waals surface area contributed by atoms with Gasteiger partial charge in [-0.25, -0.2) is 9.93 Å². The molecule has 8 nitrogen and oxygen atoms in total. The number of nitrogens with two attached hydrogens (primary N) is 1. The molecule has 0 spiro atoms. The zero-order valence-corrected chi connectivity index (χ0v) is 11.4. The Hall–Kier alpha value is -2.65. The second kappa shape index (κ2) is 5.77. The van der Waals surface area contributed by atoms with Crippen LogP contribution in [-0.4, -0.2) is 14.3 Å². The van der Waals surface area contributed by atoms with Crippen LogP contribution < -0.4 is 20.8 Å². The number of benzene rings is 1. The lowest BCUT2D eigenvalue weighted by molar-refractivity contribution is 0.102. The van der Waals surface area contributed by atoms with E-state index in [4.69, 9.17) is 5.14 Å². The third-order valence-electron chi connectivity index (χ3n) is 2.34. The van der Waals surface area contributed by atoms with Crippen LogP contribution in [0.3, 0.4) is 0 Å². The predicted octanol–water partition coefficient (Wildman–Crippen LogP) is 0.507. The highest BCUT2D eigenvalue weighted by Crippen LogP contribution is 2.16. The molecular weight excluding hydrogens is 298 g/mol. The molecule has 1 heterocycles. The first-order valence-corrected chi connectivity index (χ1v) is 7.19. The van der Waals surface area contributed by atoms with Crippen molar-refractivity contribution >= 4 is 27.5 Å². The predicted molar refractivity (Wildman–Crippen MR) is 76.1 cm³/mol. The van der Waals surface area contributed by atoms with Crippen molar-refractivity contribution in [3.05, 3.63) is 58.6 Å². The van der Waals surface area contributed by atoms with Crippen LogP contribution in [0.5, 0.6) is 0 Å². The summed E-state index contributed by atoms with van der Waals surface area (Å²) < 4.78 is 28.5. The van der Waals surface area contributed by atoms with Crippen molar-refractivity contribution in [2.75, 3.05) is 10.0 Å². The molecule has 0 fully saturated rings. The van der Waals surface area contributed by atoms with Crippen LogP contribution >= 0.6 is 0 Å². The smallest absolute Gasteiger partial charge is 0.335 e. The summed E-state index contributed by atoms with van der Waals surface area (Å²) in [5, 5.41) is 7.38. The molecular formula is C12H11N3O5S. The number of rotatable bonds is 4. The molecule has 1 aromatic heterocycles. The maximum absolute atomic E-state index is 11.9.